The van der Waals surface area contributed by atoms with Gasteiger partial charge in [-0.25, -0.2) is 0 Å². The highest BCUT2D eigenvalue weighted by Crippen LogP contribution is 2.37. The Balaban J connectivity index is 1.13. The van der Waals surface area contributed by atoms with Crippen molar-refractivity contribution in [2.24, 2.45) is 11.8 Å². The standard InChI is InChI=1S/C28H40N2O/c1-21(27-7-3-5-17-29-27)19-23-9-13-25(14-10-23)31-26-15-11-24(12-16-26)20-22(2)28-8-4-6-18-30-28/h3-8,17-18,21-26H,9-16,19-20H2,1-2H3. The zero-order valence-corrected chi connectivity index (χ0v) is 19.5. The van der Waals surface area contributed by atoms with Gasteiger partial charge in [0.05, 0.1) is 12.2 Å². The molecule has 0 bridgehead atoms. The van der Waals surface area contributed by atoms with Gasteiger partial charge in [0, 0.05) is 23.8 Å². The van der Waals surface area contributed by atoms with Gasteiger partial charge in [-0.15, -0.1) is 0 Å². The maximum absolute atomic E-state index is 6.58. The molecule has 2 fully saturated rings. The molecule has 0 N–H and O–H groups in total. The van der Waals surface area contributed by atoms with Crippen LogP contribution >= 0.6 is 0 Å². The molecule has 2 aromatic heterocycles. The molecule has 2 aliphatic rings. The van der Waals surface area contributed by atoms with Crippen molar-refractivity contribution in [1.82, 2.24) is 9.97 Å². The van der Waals surface area contributed by atoms with Crippen LogP contribution in [0.25, 0.3) is 0 Å². The summed E-state index contributed by atoms with van der Waals surface area (Å²) < 4.78 is 6.58. The highest BCUT2D eigenvalue weighted by atomic mass is 16.5. The molecule has 2 aromatic rings. The lowest BCUT2D eigenvalue weighted by Gasteiger charge is -2.35. The first-order chi connectivity index (χ1) is 15.2. The second kappa shape index (κ2) is 11.2. The second-order valence-corrected chi connectivity index (χ2v) is 10.2. The molecule has 0 radical (unpaired) electrons. The lowest BCUT2D eigenvalue weighted by Crippen LogP contribution is -2.30. The van der Waals surface area contributed by atoms with Crippen molar-refractivity contribution in [3.05, 3.63) is 60.2 Å². The smallest absolute Gasteiger partial charge is 0.0579 e. The normalized spacial score (nSPS) is 28.7. The van der Waals surface area contributed by atoms with Gasteiger partial charge in [0.25, 0.3) is 0 Å². The van der Waals surface area contributed by atoms with Crippen LogP contribution in [0, 0.1) is 11.8 Å². The molecule has 31 heavy (non-hydrogen) atoms. The quantitative estimate of drug-likeness (QED) is 0.449. The minimum absolute atomic E-state index is 0.496. The van der Waals surface area contributed by atoms with Crippen molar-refractivity contribution in [1.29, 1.82) is 0 Å². The minimum Gasteiger partial charge on any atom is -0.375 e. The number of hydrogen-bond donors (Lipinski definition) is 0. The van der Waals surface area contributed by atoms with Crippen LogP contribution in [0.1, 0.15) is 101 Å². The molecule has 2 heterocycles. The van der Waals surface area contributed by atoms with Gasteiger partial charge in [0.2, 0.25) is 0 Å². The lowest BCUT2D eigenvalue weighted by atomic mass is 9.80. The summed E-state index contributed by atoms with van der Waals surface area (Å²) in [7, 11) is 0. The molecule has 3 nitrogen and oxygen atoms in total. The molecular weight excluding hydrogens is 380 g/mol. The Morgan fingerprint density at radius 1 is 0.677 bits per heavy atom. The molecule has 0 aliphatic heterocycles. The predicted octanol–water partition coefficient (Wildman–Crippen LogP) is 7.30. The summed E-state index contributed by atoms with van der Waals surface area (Å²) in [6, 6.07) is 12.6. The van der Waals surface area contributed by atoms with Crippen molar-refractivity contribution in [2.45, 2.75) is 102 Å². The third-order valence-corrected chi connectivity index (χ3v) is 7.73. The average Bonchev–Trinajstić information content (AvgIpc) is 2.82. The van der Waals surface area contributed by atoms with Crippen LogP contribution in [0.4, 0.5) is 0 Å². The molecule has 2 atom stereocenters. The van der Waals surface area contributed by atoms with E-state index >= 15 is 0 Å². The molecule has 0 amide bonds. The summed E-state index contributed by atoms with van der Waals surface area (Å²) in [5.41, 5.74) is 2.49. The van der Waals surface area contributed by atoms with Gasteiger partial charge in [-0.1, -0.05) is 26.0 Å². The van der Waals surface area contributed by atoms with Crippen LogP contribution in [0.3, 0.4) is 0 Å². The SMILES string of the molecule is CC(CC1CCC(OC2CCC(CC(C)c3ccccn3)CC2)CC1)c1ccccn1. The van der Waals surface area contributed by atoms with Gasteiger partial charge >= 0.3 is 0 Å². The van der Waals surface area contributed by atoms with Gasteiger partial charge in [-0.2, -0.15) is 0 Å². The van der Waals surface area contributed by atoms with Gasteiger partial charge < -0.3 is 4.74 Å². The van der Waals surface area contributed by atoms with E-state index in [0.29, 0.717) is 24.0 Å². The Hall–Kier alpha value is -1.74. The number of nitrogens with zero attached hydrogens (tertiary/aromatic N) is 2. The van der Waals surface area contributed by atoms with Crippen LogP contribution in [0.5, 0.6) is 0 Å². The third-order valence-electron chi connectivity index (χ3n) is 7.73. The Morgan fingerprint density at radius 3 is 1.45 bits per heavy atom. The van der Waals surface area contributed by atoms with E-state index in [1.54, 1.807) is 0 Å². The van der Waals surface area contributed by atoms with E-state index in [-0.39, 0.29) is 0 Å². The fourth-order valence-electron chi connectivity index (χ4n) is 5.86. The number of aromatic nitrogens is 2. The Bertz CT molecular complexity index is 684. The van der Waals surface area contributed by atoms with E-state index in [2.05, 4.69) is 48.1 Å². The van der Waals surface area contributed by atoms with E-state index in [0.717, 1.165) is 11.8 Å². The summed E-state index contributed by atoms with van der Waals surface area (Å²) in [5.74, 6) is 2.79. The summed E-state index contributed by atoms with van der Waals surface area (Å²) in [5, 5.41) is 0. The van der Waals surface area contributed by atoms with Gasteiger partial charge in [0.1, 0.15) is 0 Å². The van der Waals surface area contributed by atoms with Gasteiger partial charge in [-0.3, -0.25) is 9.97 Å². The molecule has 0 spiro atoms. The van der Waals surface area contributed by atoms with E-state index < -0.39 is 0 Å². The number of rotatable bonds is 8. The maximum Gasteiger partial charge on any atom is 0.0579 e. The van der Waals surface area contributed by atoms with Crippen molar-refractivity contribution >= 4 is 0 Å². The van der Waals surface area contributed by atoms with E-state index in [4.69, 9.17) is 4.74 Å². The molecule has 2 aliphatic carbocycles. The molecule has 0 aromatic carbocycles. The highest BCUT2D eigenvalue weighted by Gasteiger charge is 2.29. The van der Waals surface area contributed by atoms with Crippen molar-refractivity contribution in [3.63, 3.8) is 0 Å². The zero-order valence-electron chi connectivity index (χ0n) is 19.5. The van der Waals surface area contributed by atoms with Crippen LogP contribution in [0.2, 0.25) is 0 Å². The lowest BCUT2D eigenvalue weighted by molar-refractivity contribution is -0.0575. The second-order valence-electron chi connectivity index (χ2n) is 10.2. The molecule has 2 unspecified atom stereocenters. The van der Waals surface area contributed by atoms with Crippen LogP contribution in [-0.2, 0) is 4.74 Å². The molecule has 3 heteroatoms. The fourth-order valence-corrected chi connectivity index (χ4v) is 5.86. The van der Waals surface area contributed by atoms with Crippen LogP contribution in [-0.4, -0.2) is 22.2 Å². The van der Waals surface area contributed by atoms with Crippen LogP contribution < -0.4 is 0 Å². The largest absolute Gasteiger partial charge is 0.375 e. The van der Waals surface area contributed by atoms with Gasteiger partial charge in [-0.05, 0) is 112 Å². The molecular formula is C28H40N2O. The van der Waals surface area contributed by atoms with Crippen molar-refractivity contribution in [2.75, 3.05) is 0 Å². The first-order valence-corrected chi connectivity index (χ1v) is 12.6. The maximum atomic E-state index is 6.58. The number of pyridine rings is 2. The molecule has 2 saturated carbocycles. The van der Waals surface area contributed by atoms with E-state index in [1.807, 2.05) is 24.5 Å². The predicted molar refractivity (Wildman–Crippen MR) is 127 cm³/mol. The number of ether oxygens (including phenoxy) is 1. The average molecular weight is 421 g/mol. The Kier molecular flexibility index (Phi) is 8.13. The fraction of sp³-hybridized carbons (Fsp3) is 0.643. The summed E-state index contributed by atoms with van der Waals surface area (Å²) >= 11 is 0. The first kappa shape index (κ1) is 22.5. The topological polar surface area (TPSA) is 35.0 Å². The van der Waals surface area contributed by atoms with Crippen LogP contribution in [0.15, 0.2) is 48.8 Å². The molecule has 0 saturated heterocycles. The summed E-state index contributed by atoms with van der Waals surface area (Å²) in [6.07, 6.45) is 17.6. The number of hydrogen-bond acceptors (Lipinski definition) is 3. The zero-order chi connectivity index (χ0) is 21.5. The highest BCUT2D eigenvalue weighted by molar-refractivity contribution is 5.09. The molecule has 168 valence electrons. The monoisotopic (exact) mass is 420 g/mol. The summed E-state index contributed by atoms with van der Waals surface area (Å²) in [4.78, 5) is 9.10. The Morgan fingerprint density at radius 2 is 1.10 bits per heavy atom. The first-order valence-electron chi connectivity index (χ1n) is 12.6. The van der Waals surface area contributed by atoms with E-state index in [9.17, 15) is 0 Å². The third kappa shape index (κ3) is 6.62. The van der Waals surface area contributed by atoms with Crippen molar-refractivity contribution < 1.29 is 4.74 Å². The molecule has 4 rings (SSSR count). The van der Waals surface area contributed by atoms with Gasteiger partial charge in [0.15, 0.2) is 0 Å². The van der Waals surface area contributed by atoms with Crippen molar-refractivity contribution in [3.8, 4) is 0 Å². The minimum atomic E-state index is 0.496. The van der Waals surface area contributed by atoms with E-state index in [1.165, 1.54) is 75.6 Å². The summed E-state index contributed by atoms with van der Waals surface area (Å²) in [6.45, 7) is 4.66. The Labute approximate surface area is 189 Å².